The molecule has 4 rings (SSSR count). The van der Waals surface area contributed by atoms with E-state index in [2.05, 4.69) is 20.8 Å². The number of rotatable bonds is 6. The van der Waals surface area contributed by atoms with E-state index in [1.165, 1.54) is 4.68 Å². The van der Waals surface area contributed by atoms with Gasteiger partial charge in [-0.05, 0) is 40.6 Å². The Morgan fingerprint density at radius 2 is 1.86 bits per heavy atom. The van der Waals surface area contributed by atoms with Crippen LogP contribution < -0.4 is 5.32 Å². The lowest BCUT2D eigenvalue weighted by Crippen LogP contribution is -2.20. The number of anilines is 1. The summed E-state index contributed by atoms with van der Waals surface area (Å²) in [5, 5.41) is 14.9. The van der Waals surface area contributed by atoms with Crippen LogP contribution in [0.1, 0.15) is 18.2 Å². The molecule has 0 aliphatic heterocycles. The molecule has 0 unspecified atom stereocenters. The molecule has 4 aromatic rings. The molecule has 0 fully saturated rings. The van der Waals surface area contributed by atoms with E-state index in [1.54, 1.807) is 24.5 Å². The number of hydrogen-bond acceptors (Lipinski definition) is 5. The summed E-state index contributed by atoms with van der Waals surface area (Å²) in [5.41, 5.74) is 2.83. The van der Waals surface area contributed by atoms with Crippen molar-refractivity contribution in [1.82, 2.24) is 20.2 Å². The van der Waals surface area contributed by atoms with Crippen LogP contribution in [0.5, 0.6) is 0 Å². The summed E-state index contributed by atoms with van der Waals surface area (Å²) in [7, 11) is 0. The number of hydrogen-bond donors (Lipinski definition) is 1. The van der Waals surface area contributed by atoms with Crippen molar-refractivity contribution < 1.29 is 9.21 Å². The van der Waals surface area contributed by atoms with Crippen molar-refractivity contribution in [3.8, 4) is 11.4 Å². The van der Waals surface area contributed by atoms with Crippen LogP contribution in [0.3, 0.4) is 0 Å². The Morgan fingerprint density at radius 1 is 1.07 bits per heavy atom. The third-order valence-electron chi connectivity index (χ3n) is 4.43. The Morgan fingerprint density at radius 3 is 2.62 bits per heavy atom. The van der Waals surface area contributed by atoms with Gasteiger partial charge in [-0.15, -0.1) is 5.10 Å². The van der Waals surface area contributed by atoms with E-state index in [0.29, 0.717) is 11.6 Å². The minimum absolute atomic E-state index is 0.245. The molecule has 1 amide bonds. The zero-order chi connectivity index (χ0) is 20.1. The van der Waals surface area contributed by atoms with Gasteiger partial charge >= 0.3 is 0 Å². The zero-order valence-corrected chi connectivity index (χ0v) is 15.8. The number of carbonyl (C=O) groups is 1. The summed E-state index contributed by atoms with van der Waals surface area (Å²) in [5.74, 6) is 0.641. The van der Waals surface area contributed by atoms with E-state index >= 15 is 0 Å². The Hall–Kier alpha value is -4.00. The smallest absolute Gasteiger partial charge is 0.274 e. The highest BCUT2D eigenvalue weighted by atomic mass is 16.3. The number of amides is 1. The second kappa shape index (κ2) is 8.35. The lowest BCUT2D eigenvalue weighted by Gasteiger charge is -2.12. The predicted molar refractivity (Wildman–Crippen MR) is 111 cm³/mol. The molecular formula is C22H19N5O2. The van der Waals surface area contributed by atoms with E-state index < -0.39 is 0 Å². The van der Waals surface area contributed by atoms with Gasteiger partial charge in [0.05, 0.1) is 6.26 Å². The summed E-state index contributed by atoms with van der Waals surface area (Å²) in [6.07, 6.45) is 3.96. The van der Waals surface area contributed by atoms with Gasteiger partial charge in [0.2, 0.25) is 0 Å². The molecule has 0 saturated heterocycles. The highest BCUT2D eigenvalue weighted by Crippen LogP contribution is 2.23. The van der Waals surface area contributed by atoms with Gasteiger partial charge < -0.3 is 9.73 Å². The number of nitrogens with zero attached hydrogens (tertiary/aromatic N) is 4. The molecule has 2 aromatic heterocycles. The largest absolute Gasteiger partial charge is 0.465 e. The quantitative estimate of drug-likeness (QED) is 0.504. The second-order valence-electron chi connectivity index (χ2n) is 6.29. The van der Waals surface area contributed by atoms with Crippen LogP contribution in [-0.2, 0) is 11.2 Å². The molecule has 0 aliphatic carbocycles. The fourth-order valence-corrected chi connectivity index (χ4v) is 2.98. The number of aromatic nitrogens is 4. The summed E-state index contributed by atoms with van der Waals surface area (Å²) >= 11 is 0. The number of nitrogens with one attached hydrogen (secondary N) is 1. The van der Waals surface area contributed by atoms with Crippen LogP contribution in [0, 0.1) is 0 Å². The number of aryl methyl sites for hydroxylation is 1. The van der Waals surface area contributed by atoms with Crippen LogP contribution in [0.4, 0.5) is 5.69 Å². The van der Waals surface area contributed by atoms with E-state index in [1.807, 2.05) is 61.5 Å². The third kappa shape index (κ3) is 3.98. The zero-order valence-electron chi connectivity index (χ0n) is 15.8. The predicted octanol–water partition coefficient (Wildman–Crippen LogP) is 4.13. The first-order chi connectivity index (χ1) is 14.3. The van der Waals surface area contributed by atoms with Gasteiger partial charge in [-0.1, -0.05) is 55.5 Å². The monoisotopic (exact) mass is 385 g/mol. The standard InChI is InChI=1S/C22H19N5O2/c1-2-16-9-6-7-13-19(16)23-22(28)20(15-18-12-8-14-29-18)27-21(24-25-26-27)17-10-4-3-5-11-17/h3-15H,2H2,1H3,(H,23,28). The molecule has 0 aliphatic rings. The number of para-hydroxylation sites is 1. The molecule has 1 N–H and O–H groups in total. The molecule has 7 heteroatoms. The molecule has 2 aromatic carbocycles. The number of benzene rings is 2. The van der Waals surface area contributed by atoms with Crippen molar-refractivity contribution in [2.24, 2.45) is 0 Å². The molecule has 0 radical (unpaired) electrons. The molecule has 29 heavy (non-hydrogen) atoms. The number of furan rings is 1. The van der Waals surface area contributed by atoms with Crippen molar-refractivity contribution in [3.63, 3.8) is 0 Å². The minimum Gasteiger partial charge on any atom is -0.465 e. The normalized spacial score (nSPS) is 11.4. The van der Waals surface area contributed by atoms with Crippen LogP contribution in [0.15, 0.2) is 77.4 Å². The Labute approximate surface area is 167 Å². The number of tetrazole rings is 1. The van der Waals surface area contributed by atoms with Crippen LogP contribution in [-0.4, -0.2) is 26.1 Å². The van der Waals surface area contributed by atoms with Crippen LogP contribution >= 0.6 is 0 Å². The molecule has 2 heterocycles. The van der Waals surface area contributed by atoms with Gasteiger partial charge in [0, 0.05) is 17.3 Å². The van der Waals surface area contributed by atoms with Gasteiger partial charge in [-0.2, -0.15) is 4.68 Å². The maximum absolute atomic E-state index is 13.3. The highest BCUT2D eigenvalue weighted by Gasteiger charge is 2.20. The maximum Gasteiger partial charge on any atom is 0.274 e. The number of carbonyl (C=O) groups excluding carboxylic acids is 1. The fraction of sp³-hybridized carbons (Fsp3) is 0.0909. The molecule has 144 valence electrons. The van der Waals surface area contributed by atoms with Crippen molar-refractivity contribution in [2.45, 2.75) is 13.3 Å². The topological polar surface area (TPSA) is 85.8 Å². The fourth-order valence-electron chi connectivity index (χ4n) is 2.98. The average Bonchev–Trinajstić information content (AvgIpc) is 3.45. The molecule has 0 saturated carbocycles. The van der Waals surface area contributed by atoms with Crippen molar-refractivity contribution in [1.29, 1.82) is 0 Å². The molecule has 7 nitrogen and oxygen atoms in total. The van der Waals surface area contributed by atoms with Crippen molar-refractivity contribution in [3.05, 3.63) is 84.3 Å². The first-order valence-electron chi connectivity index (χ1n) is 9.25. The Kier molecular flexibility index (Phi) is 5.29. The summed E-state index contributed by atoms with van der Waals surface area (Å²) in [4.78, 5) is 13.3. The van der Waals surface area contributed by atoms with Crippen molar-refractivity contribution >= 4 is 23.4 Å². The van der Waals surface area contributed by atoms with Crippen molar-refractivity contribution in [2.75, 3.05) is 5.32 Å². The third-order valence-corrected chi connectivity index (χ3v) is 4.43. The van der Waals surface area contributed by atoms with Gasteiger partial charge in [0.25, 0.3) is 5.91 Å². The summed E-state index contributed by atoms with van der Waals surface area (Å²) < 4.78 is 6.83. The van der Waals surface area contributed by atoms with E-state index in [4.69, 9.17) is 4.42 Å². The van der Waals surface area contributed by atoms with Gasteiger partial charge in [-0.3, -0.25) is 4.79 Å². The lowest BCUT2D eigenvalue weighted by molar-refractivity contribution is -0.111. The molecule has 0 spiro atoms. The summed E-state index contributed by atoms with van der Waals surface area (Å²) in [6, 6.07) is 20.7. The molecular weight excluding hydrogens is 366 g/mol. The molecule has 0 atom stereocenters. The lowest BCUT2D eigenvalue weighted by atomic mass is 10.1. The second-order valence-corrected chi connectivity index (χ2v) is 6.29. The summed E-state index contributed by atoms with van der Waals surface area (Å²) in [6.45, 7) is 2.04. The molecule has 0 bridgehead atoms. The first kappa shape index (κ1) is 18.4. The van der Waals surface area contributed by atoms with E-state index in [-0.39, 0.29) is 11.6 Å². The SMILES string of the molecule is CCc1ccccc1NC(=O)C(=Cc1ccco1)n1nnnc1-c1ccccc1. The van der Waals surface area contributed by atoms with Crippen LogP contribution in [0.2, 0.25) is 0 Å². The van der Waals surface area contributed by atoms with E-state index in [9.17, 15) is 4.79 Å². The maximum atomic E-state index is 13.3. The van der Waals surface area contributed by atoms with Crippen LogP contribution in [0.25, 0.3) is 23.2 Å². The average molecular weight is 385 g/mol. The Bertz CT molecular complexity index is 1130. The van der Waals surface area contributed by atoms with E-state index in [0.717, 1.165) is 23.2 Å². The minimum atomic E-state index is -0.341. The highest BCUT2D eigenvalue weighted by molar-refractivity contribution is 6.24. The van der Waals surface area contributed by atoms with Gasteiger partial charge in [0.1, 0.15) is 11.5 Å². The van der Waals surface area contributed by atoms with Gasteiger partial charge in [-0.25, -0.2) is 0 Å². The first-order valence-corrected chi connectivity index (χ1v) is 9.25. The Balaban J connectivity index is 1.76. The van der Waals surface area contributed by atoms with Gasteiger partial charge in [0.15, 0.2) is 5.82 Å².